The van der Waals surface area contributed by atoms with Crippen molar-refractivity contribution in [3.63, 3.8) is 0 Å². The molecule has 0 aliphatic carbocycles. The molecule has 1 aromatic heterocycles. The molecule has 1 amide bonds. The Balaban J connectivity index is 2.50. The largest absolute Gasteiger partial charge is 0.468 e. The number of amides is 1. The summed E-state index contributed by atoms with van der Waals surface area (Å²) in [7, 11) is 1.28. The van der Waals surface area contributed by atoms with Gasteiger partial charge in [0.25, 0.3) is 5.91 Å². The zero-order chi connectivity index (χ0) is 11.3. The number of carbonyl (C=O) groups excluding carboxylic acids is 2. The molecular formula is C9H11NO3S2. The molecule has 0 fully saturated rings. The highest BCUT2D eigenvalue weighted by molar-refractivity contribution is 8.00. The Morgan fingerprint density at radius 1 is 1.53 bits per heavy atom. The summed E-state index contributed by atoms with van der Waals surface area (Å²) in [5, 5.41) is 2.47. The van der Waals surface area contributed by atoms with Crippen molar-refractivity contribution in [2.24, 2.45) is 0 Å². The van der Waals surface area contributed by atoms with Crippen LogP contribution in [0, 0.1) is 0 Å². The first-order valence-corrected chi connectivity index (χ1v) is 6.20. The third-order valence-corrected chi connectivity index (χ3v) is 3.79. The zero-order valence-electron chi connectivity index (χ0n) is 8.40. The van der Waals surface area contributed by atoms with E-state index in [1.165, 1.54) is 18.4 Å². The van der Waals surface area contributed by atoms with Gasteiger partial charge < -0.3 is 10.1 Å². The van der Waals surface area contributed by atoms with Crippen LogP contribution in [0.3, 0.4) is 0 Å². The number of ether oxygens (including phenoxy) is 1. The number of hydrogen-bond donors (Lipinski definition) is 1. The molecule has 0 aliphatic rings. The number of esters is 1. The molecule has 0 aromatic carbocycles. The van der Waals surface area contributed by atoms with Gasteiger partial charge in [-0.2, -0.15) is 0 Å². The fourth-order valence-electron chi connectivity index (χ4n) is 0.864. The van der Waals surface area contributed by atoms with Crippen LogP contribution in [-0.2, 0) is 9.53 Å². The Morgan fingerprint density at radius 3 is 2.80 bits per heavy atom. The second-order valence-corrected chi connectivity index (χ2v) is 4.77. The maximum atomic E-state index is 11.5. The maximum Gasteiger partial charge on any atom is 0.325 e. The molecule has 0 bridgehead atoms. The van der Waals surface area contributed by atoms with Gasteiger partial charge in [0.05, 0.1) is 16.2 Å². The average molecular weight is 245 g/mol. The fraction of sp³-hybridized carbons (Fsp3) is 0.333. The molecule has 0 unspecified atom stereocenters. The van der Waals surface area contributed by atoms with Crippen LogP contribution in [0.4, 0.5) is 0 Å². The van der Waals surface area contributed by atoms with Crippen molar-refractivity contribution in [1.82, 2.24) is 5.32 Å². The van der Waals surface area contributed by atoms with Crippen LogP contribution in [0.2, 0.25) is 0 Å². The van der Waals surface area contributed by atoms with Crippen molar-refractivity contribution in [2.45, 2.75) is 4.21 Å². The van der Waals surface area contributed by atoms with Crippen LogP contribution in [0.25, 0.3) is 0 Å². The van der Waals surface area contributed by atoms with E-state index < -0.39 is 5.97 Å². The second kappa shape index (κ2) is 5.77. The minimum atomic E-state index is -0.454. The van der Waals surface area contributed by atoms with Crippen LogP contribution in [0.15, 0.2) is 16.3 Å². The lowest BCUT2D eigenvalue weighted by molar-refractivity contribution is -0.139. The van der Waals surface area contributed by atoms with Gasteiger partial charge in [0.1, 0.15) is 6.54 Å². The third kappa shape index (κ3) is 3.56. The molecule has 1 aromatic rings. The number of methoxy groups -OCH3 is 1. The number of carbonyl (C=O) groups is 2. The molecule has 82 valence electrons. The van der Waals surface area contributed by atoms with Gasteiger partial charge in [0.2, 0.25) is 0 Å². The summed E-state index contributed by atoms with van der Waals surface area (Å²) in [6, 6.07) is 3.62. The Kier molecular flexibility index (Phi) is 4.64. The van der Waals surface area contributed by atoms with Crippen molar-refractivity contribution in [3.05, 3.63) is 17.0 Å². The van der Waals surface area contributed by atoms with E-state index >= 15 is 0 Å². The SMILES string of the molecule is COC(=O)CNC(=O)c1ccc(SC)s1. The van der Waals surface area contributed by atoms with Crippen molar-refractivity contribution < 1.29 is 14.3 Å². The van der Waals surface area contributed by atoms with Gasteiger partial charge in [-0.05, 0) is 18.4 Å². The Morgan fingerprint density at radius 2 is 2.27 bits per heavy atom. The first-order chi connectivity index (χ1) is 7.17. The third-order valence-electron chi connectivity index (χ3n) is 1.63. The zero-order valence-corrected chi connectivity index (χ0v) is 10.0. The Bertz CT molecular complexity index is 362. The molecule has 6 heteroatoms. The molecular weight excluding hydrogens is 234 g/mol. The lowest BCUT2D eigenvalue weighted by Crippen LogP contribution is -2.29. The Hall–Kier alpha value is -1.01. The summed E-state index contributed by atoms with van der Waals surface area (Å²) >= 11 is 2.98. The minimum absolute atomic E-state index is 0.0954. The predicted octanol–water partition coefficient (Wildman–Crippen LogP) is 1.37. The van der Waals surface area contributed by atoms with E-state index in [4.69, 9.17) is 0 Å². The monoisotopic (exact) mass is 245 g/mol. The van der Waals surface area contributed by atoms with Gasteiger partial charge in [-0.25, -0.2) is 0 Å². The molecule has 0 saturated carbocycles. The van der Waals surface area contributed by atoms with Crippen LogP contribution in [-0.4, -0.2) is 31.8 Å². The maximum absolute atomic E-state index is 11.5. The lowest BCUT2D eigenvalue weighted by atomic mass is 10.4. The molecule has 1 heterocycles. The first-order valence-electron chi connectivity index (χ1n) is 4.16. The van der Waals surface area contributed by atoms with Gasteiger partial charge in [-0.3, -0.25) is 9.59 Å². The fourth-order valence-corrected chi connectivity index (χ4v) is 2.32. The summed E-state index contributed by atoms with van der Waals surface area (Å²) in [5.74, 6) is -0.698. The first kappa shape index (κ1) is 12.1. The molecule has 0 radical (unpaired) electrons. The van der Waals surface area contributed by atoms with Crippen molar-refractivity contribution in [1.29, 1.82) is 0 Å². The Labute approximate surface area is 96.0 Å². The molecule has 15 heavy (non-hydrogen) atoms. The van der Waals surface area contributed by atoms with E-state index in [2.05, 4.69) is 10.1 Å². The number of hydrogen-bond acceptors (Lipinski definition) is 5. The lowest BCUT2D eigenvalue weighted by Gasteiger charge is -2.00. The van der Waals surface area contributed by atoms with E-state index in [0.29, 0.717) is 4.88 Å². The smallest absolute Gasteiger partial charge is 0.325 e. The quantitative estimate of drug-likeness (QED) is 0.643. The van der Waals surface area contributed by atoms with E-state index in [-0.39, 0.29) is 12.5 Å². The number of thiophene rings is 1. The van der Waals surface area contributed by atoms with E-state index in [0.717, 1.165) is 4.21 Å². The molecule has 1 rings (SSSR count). The van der Waals surface area contributed by atoms with E-state index in [1.807, 2.05) is 12.3 Å². The summed E-state index contributed by atoms with van der Waals surface area (Å²) < 4.78 is 5.48. The van der Waals surface area contributed by atoms with Crippen LogP contribution < -0.4 is 5.32 Å². The van der Waals surface area contributed by atoms with Gasteiger partial charge in [0, 0.05) is 0 Å². The summed E-state index contributed by atoms with van der Waals surface area (Å²) in [6.45, 7) is -0.0954. The summed E-state index contributed by atoms with van der Waals surface area (Å²) in [5.41, 5.74) is 0. The highest BCUT2D eigenvalue weighted by Gasteiger charge is 2.10. The van der Waals surface area contributed by atoms with E-state index in [9.17, 15) is 9.59 Å². The van der Waals surface area contributed by atoms with Crippen molar-refractivity contribution >= 4 is 35.0 Å². The second-order valence-electron chi connectivity index (χ2n) is 2.58. The summed E-state index contributed by atoms with van der Waals surface area (Å²) in [4.78, 5) is 22.8. The molecule has 0 saturated heterocycles. The van der Waals surface area contributed by atoms with Gasteiger partial charge in [0.15, 0.2) is 0 Å². The van der Waals surface area contributed by atoms with Crippen LogP contribution in [0.5, 0.6) is 0 Å². The standard InChI is InChI=1S/C9H11NO3S2/c1-13-7(11)5-10-9(12)6-3-4-8(14-2)15-6/h3-4H,5H2,1-2H3,(H,10,12). The van der Waals surface area contributed by atoms with Crippen molar-refractivity contribution in [2.75, 3.05) is 19.9 Å². The highest BCUT2D eigenvalue weighted by atomic mass is 32.2. The molecule has 0 spiro atoms. The number of rotatable bonds is 4. The van der Waals surface area contributed by atoms with Crippen LogP contribution in [0.1, 0.15) is 9.67 Å². The van der Waals surface area contributed by atoms with E-state index in [1.54, 1.807) is 17.8 Å². The van der Waals surface area contributed by atoms with Crippen LogP contribution >= 0.6 is 23.1 Å². The number of nitrogens with one attached hydrogen (secondary N) is 1. The highest BCUT2D eigenvalue weighted by Crippen LogP contribution is 2.24. The number of thioether (sulfide) groups is 1. The molecule has 1 N–H and O–H groups in total. The minimum Gasteiger partial charge on any atom is -0.468 e. The molecule has 0 atom stereocenters. The normalized spacial score (nSPS) is 9.73. The average Bonchev–Trinajstić information content (AvgIpc) is 2.73. The van der Waals surface area contributed by atoms with Crippen molar-refractivity contribution in [3.8, 4) is 0 Å². The van der Waals surface area contributed by atoms with Gasteiger partial charge >= 0.3 is 5.97 Å². The topological polar surface area (TPSA) is 55.4 Å². The van der Waals surface area contributed by atoms with Gasteiger partial charge in [-0.15, -0.1) is 23.1 Å². The summed E-state index contributed by atoms with van der Waals surface area (Å²) in [6.07, 6.45) is 1.95. The molecule has 4 nitrogen and oxygen atoms in total. The molecule has 0 aliphatic heterocycles. The predicted molar refractivity (Wildman–Crippen MR) is 60.4 cm³/mol. The van der Waals surface area contributed by atoms with Gasteiger partial charge in [-0.1, -0.05) is 0 Å².